The Labute approximate surface area is 171 Å². The minimum absolute atomic E-state index is 0.195. The Balaban J connectivity index is 1.61. The van der Waals surface area contributed by atoms with Gasteiger partial charge in [-0.25, -0.2) is 9.07 Å². The number of hydrogen-bond acceptors (Lipinski definition) is 4. The first-order valence-corrected chi connectivity index (χ1v) is 8.98. The number of hydrogen-bond donors (Lipinski definition) is 2. The Morgan fingerprint density at radius 1 is 1.24 bits per heavy atom. The van der Waals surface area contributed by atoms with Crippen molar-refractivity contribution >= 4 is 35.2 Å². The lowest BCUT2D eigenvalue weighted by molar-refractivity contribution is -0.121. The number of benzene rings is 1. The zero-order valence-corrected chi connectivity index (χ0v) is 16.2. The van der Waals surface area contributed by atoms with Gasteiger partial charge in [-0.15, -0.1) is 0 Å². The summed E-state index contributed by atoms with van der Waals surface area (Å²) in [5, 5.41) is 9.70. The lowest BCUT2D eigenvalue weighted by Crippen LogP contribution is -2.31. The predicted octanol–water partition coefficient (Wildman–Crippen LogP) is 3.14. The van der Waals surface area contributed by atoms with Gasteiger partial charge in [0.1, 0.15) is 11.0 Å². The van der Waals surface area contributed by atoms with Crippen LogP contribution in [0.5, 0.6) is 0 Å². The van der Waals surface area contributed by atoms with Crippen LogP contribution in [-0.4, -0.2) is 33.1 Å². The molecule has 0 aliphatic carbocycles. The molecule has 2 amide bonds. The summed E-state index contributed by atoms with van der Waals surface area (Å²) >= 11 is 6.36. The zero-order chi connectivity index (χ0) is 20.8. The number of aromatic nitrogens is 3. The third kappa shape index (κ3) is 5.26. The molecule has 0 atom stereocenters. The summed E-state index contributed by atoms with van der Waals surface area (Å²) in [4.78, 5) is 27.7. The van der Waals surface area contributed by atoms with Crippen LogP contribution in [0.3, 0.4) is 0 Å². The van der Waals surface area contributed by atoms with E-state index in [0.717, 1.165) is 0 Å². The molecular weight excluding hydrogens is 397 g/mol. The van der Waals surface area contributed by atoms with Crippen LogP contribution in [0, 0.1) is 12.7 Å². The molecule has 0 saturated heterocycles. The second kappa shape index (κ2) is 9.11. The molecule has 29 heavy (non-hydrogen) atoms. The fourth-order valence-corrected chi connectivity index (χ4v) is 2.82. The van der Waals surface area contributed by atoms with E-state index in [1.54, 1.807) is 37.4 Å². The topological polar surface area (TPSA) is 88.9 Å². The average Bonchev–Trinajstić information content (AvgIpc) is 3.00. The molecule has 0 aliphatic heterocycles. The van der Waals surface area contributed by atoms with Crippen LogP contribution >= 0.6 is 11.6 Å². The van der Waals surface area contributed by atoms with Gasteiger partial charge in [0.05, 0.1) is 29.8 Å². The summed E-state index contributed by atoms with van der Waals surface area (Å²) in [5.41, 5.74) is 2.28. The Morgan fingerprint density at radius 2 is 2.00 bits per heavy atom. The largest absolute Gasteiger partial charge is 0.343 e. The Kier molecular flexibility index (Phi) is 6.36. The number of anilines is 1. The van der Waals surface area contributed by atoms with Crippen LogP contribution in [0.1, 0.15) is 11.3 Å². The number of amides is 2. The third-order valence-electron chi connectivity index (χ3n) is 3.89. The molecule has 7 nitrogen and oxygen atoms in total. The zero-order valence-electron chi connectivity index (χ0n) is 15.4. The minimum atomic E-state index is -0.462. The van der Waals surface area contributed by atoms with Crippen molar-refractivity contribution in [2.75, 3.05) is 11.9 Å². The van der Waals surface area contributed by atoms with Gasteiger partial charge >= 0.3 is 0 Å². The van der Waals surface area contributed by atoms with Crippen molar-refractivity contribution in [3.05, 3.63) is 77.1 Å². The van der Waals surface area contributed by atoms with E-state index in [4.69, 9.17) is 11.6 Å². The first-order chi connectivity index (χ1) is 13.9. The monoisotopic (exact) mass is 413 g/mol. The molecule has 0 unspecified atom stereocenters. The average molecular weight is 414 g/mol. The van der Waals surface area contributed by atoms with E-state index in [9.17, 15) is 14.0 Å². The lowest BCUT2D eigenvalue weighted by atomic mass is 10.2. The first-order valence-electron chi connectivity index (χ1n) is 8.61. The second-order valence-corrected chi connectivity index (χ2v) is 6.38. The maximum Gasteiger partial charge on any atom is 0.244 e. The van der Waals surface area contributed by atoms with Crippen LogP contribution < -0.4 is 10.6 Å². The van der Waals surface area contributed by atoms with Gasteiger partial charge in [0.15, 0.2) is 0 Å². The Hall–Kier alpha value is -3.52. The first kappa shape index (κ1) is 20.2. The van der Waals surface area contributed by atoms with Gasteiger partial charge in [-0.2, -0.15) is 5.10 Å². The number of carbonyl (C=O) groups is 2. The highest BCUT2D eigenvalue weighted by atomic mass is 35.5. The number of halogens is 2. The van der Waals surface area contributed by atoms with Crippen LogP contribution in [0.15, 0.2) is 54.9 Å². The van der Waals surface area contributed by atoms with Gasteiger partial charge in [-0.3, -0.25) is 14.6 Å². The van der Waals surface area contributed by atoms with Gasteiger partial charge in [0, 0.05) is 17.8 Å². The van der Waals surface area contributed by atoms with Crippen molar-refractivity contribution in [1.29, 1.82) is 0 Å². The molecule has 0 radical (unpaired) electrons. The molecule has 0 saturated carbocycles. The summed E-state index contributed by atoms with van der Waals surface area (Å²) in [5.74, 6) is -1.20. The minimum Gasteiger partial charge on any atom is -0.343 e. The molecule has 9 heteroatoms. The Morgan fingerprint density at radius 3 is 2.69 bits per heavy atom. The molecule has 0 bridgehead atoms. The highest BCUT2D eigenvalue weighted by Gasteiger charge is 2.13. The fourth-order valence-electron chi connectivity index (χ4n) is 2.48. The van der Waals surface area contributed by atoms with E-state index >= 15 is 0 Å². The number of pyridine rings is 1. The molecule has 0 aliphatic rings. The molecule has 0 spiro atoms. The van der Waals surface area contributed by atoms with Crippen molar-refractivity contribution in [3.8, 4) is 5.69 Å². The van der Waals surface area contributed by atoms with Gasteiger partial charge in [0.25, 0.3) is 0 Å². The van der Waals surface area contributed by atoms with Crippen LogP contribution in [0.25, 0.3) is 11.8 Å². The molecule has 0 fully saturated rings. The summed E-state index contributed by atoms with van der Waals surface area (Å²) in [6.45, 7) is 1.55. The summed E-state index contributed by atoms with van der Waals surface area (Å²) in [7, 11) is 0. The summed E-state index contributed by atoms with van der Waals surface area (Å²) in [6.07, 6.45) is 5.87. The van der Waals surface area contributed by atoms with Crippen LogP contribution in [0.4, 0.5) is 10.1 Å². The predicted molar refractivity (Wildman–Crippen MR) is 108 cm³/mol. The van der Waals surface area contributed by atoms with Crippen molar-refractivity contribution in [2.24, 2.45) is 0 Å². The van der Waals surface area contributed by atoms with E-state index < -0.39 is 5.91 Å². The molecule has 1 aromatic carbocycles. The number of rotatable bonds is 6. The maximum atomic E-state index is 13.1. The molecular formula is C20H17ClFN5O2. The van der Waals surface area contributed by atoms with Crippen molar-refractivity contribution in [2.45, 2.75) is 6.92 Å². The van der Waals surface area contributed by atoms with E-state index in [1.165, 1.54) is 35.2 Å². The van der Waals surface area contributed by atoms with E-state index in [1.807, 2.05) is 0 Å². The van der Waals surface area contributed by atoms with Crippen LogP contribution in [0.2, 0.25) is 5.15 Å². The quantitative estimate of drug-likeness (QED) is 0.607. The number of carbonyl (C=O) groups excluding carboxylic acids is 2. The van der Waals surface area contributed by atoms with Gasteiger partial charge in [-0.05, 0) is 49.4 Å². The Bertz CT molecular complexity index is 1050. The smallest absolute Gasteiger partial charge is 0.244 e. The molecule has 3 rings (SSSR count). The SMILES string of the molecule is Cc1nn(-c2ccc(F)cc2)c(Cl)c1/C=C/C(=O)NCC(=O)Nc1cccnc1. The highest BCUT2D eigenvalue weighted by Crippen LogP contribution is 2.24. The molecule has 2 N–H and O–H groups in total. The maximum absolute atomic E-state index is 13.1. The molecule has 3 aromatic rings. The van der Waals surface area contributed by atoms with Crippen molar-refractivity contribution < 1.29 is 14.0 Å². The second-order valence-electron chi connectivity index (χ2n) is 6.02. The molecule has 2 aromatic heterocycles. The van der Waals surface area contributed by atoms with Gasteiger partial charge < -0.3 is 10.6 Å². The number of aryl methyl sites for hydroxylation is 1. The normalized spacial score (nSPS) is 10.9. The van der Waals surface area contributed by atoms with Gasteiger partial charge in [0.2, 0.25) is 11.8 Å². The van der Waals surface area contributed by atoms with E-state index in [2.05, 4.69) is 20.7 Å². The van der Waals surface area contributed by atoms with Crippen molar-refractivity contribution in [3.63, 3.8) is 0 Å². The van der Waals surface area contributed by atoms with Crippen molar-refractivity contribution in [1.82, 2.24) is 20.1 Å². The third-order valence-corrected chi connectivity index (χ3v) is 4.25. The molecule has 2 heterocycles. The standard InChI is InChI=1S/C20H17ClFN5O2/c1-13-17(20(21)27(26-13)16-6-4-14(22)5-7-16)8-9-18(28)24-12-19(29)25-15-3-2-10-23-11-15/h2-11H,12H2,1H3,(H,24,28)(H,25,29)/b9-8+. The van der Waals surface area contributed by atoms with E-state index in [0.29, 0.717) is 22.6 Å². The van der Waals surface area contributed by atoms with E-state index in [-0.39, 0.29) is 23.4 Å². The lowest BCUT2D eigenvalue weighted by Gasteiger charge is -2.04. The summed E-state index contributed by atoms with van der Waals surface area (Å²) < 4.78 is 14.6. The summed E-state index contributed by atoms with van der Waals surface area (Å²) in [6, 6.07) is 9.10. The highest BCUT2D eigenvalue weighted by molar-refractivity contribution is 6.31. The number of nitrogens with zero attached hydrogens (tertiary/aromatic N) is 3. The number of nitrogens with one attached hydrogen (secondary N) is 2. The van der Waals surface area contributed by atoms with Crippen LogP contribution in [-0.2, 0) is 9.59 Å². The fraction of sp³-hybridized carbons (Fsp3) is 0.100. The molecule has 148 valence electrons. The van der Waals surface area contributed by atoms with Gasteiger partial charge in [-0.1, -0.05) is 11.6 Å².